The van der Waals surface area contributed by atoms with Crippen molar-refractivity contribution in [2.24, 2.45) is 0 Å². The van der Waals surface area contributed by atoms with Crippen LogP contribution in [0, 0.1) is 0 Å². The molecule has 1 fully saturated rings. The molecule has 2 nitrogen and oxygen atoms in total. The van der Waals surface area contributed by atoms with E-state index in [1.807, 2.05) is 0 Å². The monoisotopic (exact) mass is 400 g/mol. The molecule has 0 bridgehead atoms. The van der Waals surface area contributed by atoms with Crippen molar-refractivity contribution in [1.29, 1.82) is 0 Å². The van der Waals surface area contributed by atoms with Gasteiger partial charge in [-0.05, 0) is 67.5 Å². The van der Waals surface area contributed by atoms with Crippen LogP contribution in [-0.4, -0.2) is 20.3 Å². The second-order valence-electron chi connectivity index (χ2n) is 8.04. The van der Waals surface area contributed by atoms with Gasteiger partial charge in [0.2, 0.25) is 0 Å². The van der Waals surface area contributed by atoms with Gasteiger partial charge in [-0.1, -0.05) is 84.9 Å². The average Bonchev–Trinajstić information content (AvgIpc) is 3.38. The first-order valence-electron chi connectivity index (χ1n) is 10.7. The highest BCUT2D eigenvalue weighted by atomic mass is 16.6. The normalized spacial score (nSPS) is 13.9. The first-order chi connectivity index (χ1) is 15.3. The third-order valence-corrected chi connectivity index (χ3v) is 6.01. The maximum absolute atomic E-state index is 5.84. The second-order valence-corrected chi connectivity index (χ2v) is 8.04. The Morgan fingerprint density at radius 1 is 0.452 bits per heavy atom. The summed E-state index contributed by atoms with van der Waals surface area (Å²) in [6, 6.07) is 36.9. The fraction of sp³-hybridized carbons (Fsp3) is 0.0714. The summed E-state index contributed by atoms with van der Waals surface area (Å²) >= 11 is 0. The minimum Gasteiger partial charge on any atom is -0.405 e. The van der Waals surface area contributed by atoms with Gasteiger partial charge in [0, 0.05) is 0 Å². The van der Waals surface area contributed by atoms with Crippen LogP contribution in [0.3, 0.4) is 0 Å². The summed E-state index contributed by atoms with van der Waals surface area (Å²) in [7, 11) is -0.306. The van der Waals surface area contributed by atoms with Crippen LogP contribution in [-0.2, 0) is 9.31 Å². The third-order valence-electron chi connectivity index (χ3n) is 6.01. The molecule has 0 radical (unpaired) electrons. The van der Waals surface area contributed by atoms with Crippen molar-refractivity contribution in [2.45, 2.75) is 0 Å². The fourth-order valence-electron chi connectivity index (χ4n) is 4.41. The largest absolute Gasteiger partial charge is 0.494 e. The van der Waals surface area contributed by atoms with E-state index >= 15 is 0 Å². The maximum Gasteiger partial charge on any atom is 0.494 e. The third kappa shape index (κ3) is 3.52. The number of benzene rings is 5. The van der Waals surface area contributed by atoms with Gasteiger partial charge in [0.05, 0.1) is 13.2 Å². The molecule has 0 saturated carbocycles. The van der Waals surface area contributed by atoms with Crippen molar-refractivity contribution >= 4 is 34.1 Å². The molecule has 1 aliphatic rings. The molecule has 5 aromatic carbocycles. The minimum absolute atomic E-state index is 0.306. The smallest absolute Gasteiger partial charge is 0.405 e. The van der Waals surface area contributed by atoms with Gasteiger partial charge >= 0.3 is 7.12 Å². The number of hydrogen-bond acceptors (Lipinski definition) is 2. The van der Waals surface area contributed by atoms with Crippen LogP contribution >= 0.6 is 0 Å². The Morgan fingerprint density at radius 2 is 0.935 bits per heavy atom. The molecule has 0 atom stereocenters. The topological polar surface area (TPSA) is 18.5 Å². The molecule has 0 unspecified atom stereocenters. The van der Waals surface area contributed by atoms with Gasteiger partial charge in [-0.3, -0.25) is 0 Å². The Hall–Kier alpha value is -3.40. The van der Waals surface area contributed by atoms with E-state index in [2.05, 4.69) is 103 Å². The molecular weight excluding hydrogens is 379 g/mol. The lowest BCUT2D eigenvalue weighted by molar-refractivity contribution is 0.365. The van der Waals surface area contributed by atoms with Crippen LogP contribution < -0.4 is 5.46 Å². The summed E-state index contributed by atoms with van der Waals surface area (Å²) in [4.78, 5) is 0. The average molecular weight is 400 g/mol. The second kappa shape index (κ2) is 7.70. The molecule has 0 N–H and O–H groups in total. The van der Waals surface area contributed by atoms with E-state index in [0.29, 0.717) is 13.2 Å². The fourth-order valence-corrected chi connectivity index (χ4v) is 4.41. The van der Waals surface area contributed by atoms with Crippen molar-refractivity contribution in [3.05, 3.63) is 103 Å². The van der Waals surface area contributed by atoms with Crippen molar-refractivity contribution < 1.29 is 9.31 Å². The van der Waals surface area contributed by atoms with E-state index in [9.17, 15) is 0 Å². The Balaban J connectivity index is 1.52. The molecule has 31 heavy (non-hydrogen) atoms. The Morgan fingerprint density at radius 3 is 1.45 bits per heavy atom. The highest BCUT2D eigenvalue weighted by molar-refractivity contribution is 6.62. The predicted molar refractivity (Wildman–Crippen MR) is 130 cm³/mol. The molecule has 0 aliphatic carbocycles. The summed E-state index contributed by atoms with van der Waals surface area (Å²) in [5.74, 6) is 0. The minimum atomic E-state index is -0.306. The number of fused-ring (bicyclic) bond motifs is 2. The van der Waals surface area contributed by atoms with E-state index in [-0.39, 0.29) is 7.12 Å². The molecular formula is C28H21BO2. The highest BCUT2D eigenvalue weighted by Crippen LogP contribution is 2.30. The summed E-state index contributed by atoms with van der Waals surface area (Å²) in [5, 5.41) is 4.98. The van der Waals surface area contributed by atoms with E-state index in [1.165, 1.54) is 43.8 Å². The van der Waals surface area contributed by atoms with Gasteiger partial charge in [0.15, 0.2) is 0 Å². The van der Waals surface area contributed by atoms with Gasteiger partial charge in [0.1, 0.15) is 0 Å². The maximum atomic E-state index is 5.84. The van der Waals surface area contributed by atoms with E-state index < -0.39 is 0 Å². The van der Waals surface area contributed by atoms with Crippen LogP contribution in [0.15, 0.2) is 103 Å². The first-order valence-corrected chi connectivity index (χ1v) is 10.7. The van der Waals surface area contributed by atoms with Crippen molar-refractivity contribution in [2.75, 3.05) is 13.2 Å². The quantitative estimate of drug-likeness (QED) is 0.342. The molecule has 5 aromatic rings. The van der Waals surface area contributed by atoms with E-state index in [0.717, 1.165) is 5.46 Å². The van der Waals surface area contributed by atoms with Gasteiger partial charge in [-0.15, -0.1) is 0 Å². The molecule has 1 aliphatic heterocycles. The molecule has 0 spiro atoms. The van der Waals surface area contributed by atoms with Gasteiger partial charge in [0.25, 0.3) is 0 Å². The van der Waals surface area contributed by atoms with E-state index in [1.54, 1.807) is 0 Å². The SMILES string of the molecule is c1ccc2cc(-c3cc(B4OCCO4)cc(-c4ccc5ccccc5c4)c3)ccc2c1. The molecule has 148 valence electrons. The first kappa shape index (κ1) is 18.4. The molecule has 0 aromatic heterocycles. The summed E-state index contributed by atoms with van der Waals surface area (Å²) in [5.41, 5.74) is 5.79. The zero-order valence-electron chi connectivity index (χ0n) is 17.1. The van der Waals surface area contributed by atoms with Crippen molar-refractivity contribution in [3.8, 4) is 22.3 Å². The van der Waals surface area contributed by atoms with Crippen LogP contribution in [0.25, 0.3) is 43.8 Å². The Labute approximate surface area is 182 Å². The lowest BCUT2D eigenvalue weighted by Gasteiger charge is -2.13. The molecule has 3 heteroatoms. The van der Waals surface area contributed by atoms with Gasteiger partial charge in [-0.2, -0.15) is 0 Å². The number of rotatable bonds is 3. The van der Waals surface area contributed by atoms with Crippen LogP contribution in [0.1, 0.15) is 0 Å². The standard InChI is InChI=1S/C28H21BO2/c1-3-7-22-15-24(11-9-20(22)5-1)26-17-27(19-28(18-26)29-30-13-14-31-29)25-12-10-21-6-2-4-8-23(21)16-25/h1-12,15-19H,13-14H2. The van der Waals surface area contributed by atoms with Crippen molar-refractivity contribution in [1.82, 2.24) is 0 Å². The molecule has 1 saturated heterocycles. The van der Waals surface area contributed by atoms with Gasteiger partial charge in [-0.25, -0.2) is 0 Å². The van der Waals surface area contributed by atoms with Crippen molar-refractivity contribution in [3.63, 3.8) is 0 Å². The lowest BCUT2D eigenvalue weighted by atomic mass is 9.76. The summed E-state index contributed by atoms with van der Waals surface area (Å²) in [6.07, 6.45) is 0. The van der Waals surface area contributed by atoms with Crippen LogP contribution in [0.5, 0.6) is 0 Å². The highest BCUT2D eigenvalue weighted by Gasteiger charge is 2.27. The Kier molecular flexibility index (Phi) is 4.56. The van der Waals surface area contributed by atoms with E-state index in [4.69, 9.17) is 9.31 Å². The zero-order valence-corrected chi connectivity index (χ0v) is 17.1. The molecule has 0 amide bonds. The summed E-state index contributed by atoms with van der Waals surface area (Å²) < 4.78 is 11.7. The molecule has 6 rings (SSSR count). The Bertz CT molecular complexity index is 1310. The molecule has 1 heterocycles. The zero-order chi connectivity index (χ0) is 20.6. The number of hydrogen-bond donors (Lipinski definition) is 0. The predicted octanol–water partition coefficient (Wildman–Crippen LogP) is 6.07. The van der Waals surface area contributed by atoms with Crippen LogP contribution in [0.4, 0.5) is 0 Å². The summed E-state index contributed by atoms with van der Waals surface area (Å²) in [6.45, 7) is 1.27. The van der Waals surface area contributed by atoms with Gasteiger partial charge < -0.3 is 9.31 Å². The lowest BCUT2D eigenvalue weighted by Crippen LogP contribution is -2.31. The van der Waals surface area contributed by atoms with Crippen LogP contribution in [0.2, 0.25) is 0 Å².